The second-order valence-corrected chi connectivity index (χ2v) is 4.37. The molecule has 0 bridgehead atoms. The molecule has 1 aliphatic rings. The van der Waals surface area contributed by atoms with Gasteiger partial charge in [-0.15, -0.1) is 10.2 Å². The number of carbonyl (C=O) groups is 1. The predicted molar refractivity (Wildman–Crippen MR) is 63.9 cm³/mol. The van der Waals surface area contributed by atoms with Gasteiger partial charge in [-0.25, -0.2) is 4.79 Å². The molecule has 0 saturated heterocycles. The zero-order valence-electron chi connectivity index (χ0n) is 9.52. The first-order valence-corrected chi connectivity index (χ1v) is 5.77. The van der Waals surface area contributed by atoms with Crippen molar-refractivity contribution in [1.29, 1.82) is 0 Å². The molecule has 6 heteroatoms. The average molecular weight is 236 g/mol. The van der Waals surface area contributed by atoms with Crippen LogP contribution in [0.15, 0.2) is 6.07 Å². The number of carboxylic acid groups (broad SMARTS) is 1. The van der Waals surface area contributed by atoms with Crippen molar-refractivity contribution in [2.24, 2.45) is 5.92 Å². The third kappa shape index (κ3) is 2.83. The van der Waals surface area contributed by atoms with Crippen LogP contribution in [0.2, 0.25) is 0 Å². The van der Waals surface area contributed by atoms with Crippen molar-refractivity contribution in [3.8, 4) is 0 Å². The predicted octanol–water partition coefficient (Wildman–Crippen LogP) is 1.36. The minimum Gasteiger partial charge on any atom is -0.478 e. The van der Waals surface area contributed by atoms with Crippen LogP contribution in [0.25, 0.3) is 0 Å². The van der Waals surface area contributed by atoms with Crippen LogP contribution < -0.4 is 11.1 Å². The molecule has 1 heterocycles. The Morgan fingerprint density at radius 2 is 2.18 bits per heavy atom. The van der Waals surface area contributed by atoms with Crippen LogP contribution in [0, 0.1) is 5.92 Å². The van der Waals surface area contributed by atoms with E-state index in [9.17, 15) is 4.79 Å². The van der Waals surface area contributed by atoms with Crippen LogP contribution in [0.5, 0.6) is 0 Å². The fourth-order valence-electron chi connectivity index (χ4n) is 2.12. The maximum Gasteiger partial charge on any atom is 0.339 e. The zero-order valence-corrected chi connectivity index (χ0v) is 9.52. The lowest BCUT2D eigenvalue weighted by molar-refractivity contribution is 0.0697. The summed E-state index contributed by atoms with van der Waals surface area (Å²) in [6.45, 7) is 0.817. The summed E-state index contributed by atoms with van der Waals surface area (Å²) in [5.41, 5.74) is 5.42. The normalized spacial score (nSPS) is 16.0. The molecule has 0 aromatic carbocycles. The summed E-state index contributed by atoms with van der Waals surface area (Å²) in [5.74, 6) is -0.00337. The second-order valence-electron chi connectivity index (χ2n) is 4.37. The molecular weight excluding hydrogens is 220 g/mol. The molecular formula is C11H16N4O2. The van der Waals surface area contributed by atoms with Gasteiger partial charge in [-0.1, -0.05) is 12.8 Å². The average Bonchev–Trinajstić information content (AvgIpc) is 2.80. The Morgan fingerprint density at radius 3 is 2.82 bits per heavy atom. The number of nitrogen functional groups attached to an aromatic ring is 1. The van der Waals surface area contributed by atoms with E-state index >= 15 is 0 Å². The van der Waals surface area contributed by atoms with Crippen molar-refractivity contribution in [2.45, 2.75) is 25.7 Å². The van der Waals surface area contributed by atoms with E-state index in [0.717, 1.165) is 6.54 Å². The van der Waals surface area contributed by atoms with E-state index in [1.165, 1.54) is 31.7 Å². The first-order chi connectivity index (χ1) is 8.16. The molecule has 1 saturated carbocycles. The molecule has 6 nitrogen and oxygen atoms in total. The summed E-state index contributed by atoms with van der Waals surface area (Å²) in [6.07, 6.45) is 5.00. The summed E-state index contributed by atoms with van der Waals surface area (Å²) >= 11 is 0. The van der Waals surface area contributed by atoms with Crippen LogP contribution >= 0.6 is 0 Å². The number of hydrogen-bond donors (Lipinski definition) is 3. The number of nitrogens with zero attached hydrogens (tertiary/aromatic N) is 2. The number of rotatable bonds is 4. The lowest BCUT2D eigenvalue weighted by atomic mass is 10.1. The van der Waals surface area contributed by atoms with Crippen LogP contribution in [-0.4, -0.2) is 27.8 Å². The molecule has 1 aromatic rings. The highest BCUT2D eigenvalue weighted by molar-refractivity contribution is 5.93. The largest absolute Gasteiger partial charge is 0.478 e. The molecule has 1 fully saturated rings. The topological polar surface area (TPSA) is 101 Å². The summed E-state index contributed by atoms with van der Waals surface area (Å²) in [5, 5.41) is 19.5. The van der Waals surface area contributed by atoms with Crippen molar-refractivity contribution in [3.63, 3.8) is 0 Å². The molecule has 2 rings (SSSR count). The zero-order chi connectivity index (χ0) is 12.3. The minimum atomic E-state index is -1.08. The first-order valence-electron chi connectivity index (χ1n) is 5.77. The fraction of sp³-hybridized carbons (Fsp3) is 0.545. The Bertz CT molecular complexity index is 416. The van der Waals surface area contributed by atoms with E-state index in [4.69, 9.17) is 10.8 Å². The van der Waals surface area contributed by atoms with Crippen molar-refractivity contribution in [3.05, 3.63) is 11.6 Å². The van der Waals surface area contributed by atoms with Gasteiger partial charge in [-0.3, -0.25) is 0 Å². The highest BCUT2D eigenvalue weighted by Crippen LogP contribution is 2.24. The third-order valence-electron chi connectivity index (χ3n) is 3.10. The highest BCUT2D eigenvalue weighted by Gasteiger charge is 2.16. The molecule has 4 N–H and O–H groups in total. The van der Waals surface area contributed by atoms with Crippen LogP contribution in [0.3, 0.4) is 0 Å². The van der Waals surface area contributed by atoms with Gasteiger partial charge < -0.3 is 16.2 Å². The van der Waals surface area contributed by atoms with E-state index in [2.05, 4.69) is 15.5 Å². The van der Waals surface area contributed by atoms with Crippen molar-refractivity contribution in [1.82, 2.24) is 10.2 Å². The highest BCUT2D eigenvalue weighted by atomic mass is 16.4. The maximum absolute atomic E-state index is 10.9. The standard InChI is InChI=1S/C11H16N4O2/c12-10-8(11(16)17)5-9(14-15-10)13-6-7-3-1-2-4-7/h5,7H,1-4,6H2,(H2,12,15)(H,13,14)(H,16,17). The van der Waals surface area contributed by atoms with Gasteiger partial charge in [0, 0.05) is 12.6 Å². The SMILES string of the molecule is Nc1nnc(NCC2CCCC2)cc1C(=O)O. The van der Waals surface area contributed by atoms with Gasteiger partial charge in [0.25, 0.3) is 0 Å². The summed E-state index contributed by atoms with van der Waals surface area (Å²) < 4.78 is 0. The first kappa shape index (κ1) is 11.6. The number of carboxylic acids is 1. The molecule has 0 amide bonds. The van der Waals surface area contributed by atoms with Gasteiger partial charge in [0.1, 0.15) is 11.4 Å². The van der Waals surface area contributed by atoms with Crippen molar-refractivity contribution < 1.29 is 9.90 Å². The molecule has 1 aromatic heterocycles. The molecule has 1 aliphatic carbocycles. The van der Waals surface area contributed by atoms with E-state index < -0.39 is 5.97 Å². The fourth-order valence-corrected chi connectivity index (χ4v) is 2.12. The number of nitrogens with two attached hydrogens (primary N) is 1. The Kier molecular flexibility index (Phi) is 3.41. The Labute approximate surface area is 99.2 Å². The lowest BCUT2D eigenvalue weighted by Gasteiger charge is -2.11. The maximum atomic E-state index is 10.9. The summed E-state index contributed by atoms with van der Waals surface area (Å²) in [6, 6.07) is 1.43. The molecule has 0 spiro atoms. The number of aromatic carboxylic acids is 1. The number of aromatic nitrogens is 2. The number of hydrogen-bond acceptors (Lipinski definition) is 5. The number of anilines is 2. The molecule has 0 atom stereocenters. The molecule has 0 radical (unpaired) electrons. The van der Waals surface area contributed by atoms with Crippen LogP contribution in [0.4, 0.5) is 11.6 Å². The van der Waals surface area contributed by atoms with Gasteiger partial charge in [0.15, 0.2) is 5.82 Å². The molecule has 0 aliphatic heterocycles. The Morgan fingerprint density at radius 1 is 1.47 bits per heavy atom. The van der Waals surface area contributed by atoms with Gasteiger partial charge in [0.2, 0.25) is 0 Å². The smallest absolute Gasteiger partial charge is 0.339 e. The quantitative estimate of drug-likeness (QED) is 0.729. The van der Waals surface area contributed by atoms with Gasteiger partial charge >= 0.3 is 5.97 Å². The van der Waals surface area contributed by atoms with E-state index in [-0.39, 0.29) is 11.4 Å². The van der Waals surface area contributed by atoms with Gasteiger partial charge in [-0.2, -0.15) is 0 Å². The second kappa shape index (κ2) is 4.99. The minimum absolute atomic E-state index is 0.00563. The summed E-state index contributed by atoms with van der Waals surface area (Å²) in [7, 11) is 0. The molecule has 0 unspecified atom stereocenters. The van der Waals surface area contributed by atoms with Gasteiger partial charge in [-0.05, 0) is 18.8 Å². The Balaban J connectivity index is 2.00. The Hall–Kier alpha value is -1.85. The van der Waals surface area contributed by atoms with Crippen molar-refractivity contribution >= 4 is 17.6 Å². The van der Waals surface area contributed by atoms with Crippen LogP contribution in [-0.2, 0) is 0 Å². The molecule has 92 valence electrons. The molecule has 17 heavy (non-hydrogen) atoms. The van der Waals surface area contributed by atoms with E-state index in [1.54, 1.807) is 0 Å². The van der Waals surface area contributed by atoms with Crippen molar-refractivity contribution in [2.75, 3.05) is 17.6 Å². The van der Waals surface area contributed by atoms with Crippen LogP contribution in [0.1, 0.15) is 36.0 Å². The van der Waals surface area contributed by atoms with E-state index in [1.807, 2.05) is 0 Å². The van der Waals surface area contributed by atoms with Gasteiger partial charge in [0.05, 0.1) is 0 Å². The monoisotopic (exact) mass is 236 g/mol. The lowest BCUT2D eigenvalue weighted by Crippen LogP contribution is -2.14. The van der Waals surface area contributed by atoms with E-state index in [0.29, 0.717) is 11.7 Å². The number of nitrogens with one attached hydrogen (secondary N) is 1. The third-order valence-corrected chi connectivity index (χ3v) is 3.10. The summed E-state index contributed by atoms with van der Waals surface area (Å²) in [4.78, 5) is 10.9.